The molecule has 0 saturated heterocycles. The summed E-state index contributed by atoms with van der Waals surface area (Å²) in [7, 11) is 1.30. The summed E-state index contributed by atoms with van der Waals surface area (Å²) in [6.07, 6.45) is 0. The first-order valence-electron chi connectivity index (χ1n) is 5.59. The zero-order valence-corrected chi connectivity index (χ0v) is 12.2. The van der Waals surface area contributed by atoms with E-state index in [-0.39, 0.29) is 11.8 Å². The van der Waals surface area contributed by atoms with Gasteiger partial charge >= 0.3 is 5.97 Å². The van der Waals surface area contributed by atoms with Crippen molar-refractivity contribution in [2.24, 2.45) is 5.92 Å². The van der Waals surface area contributed by atoms with Gasteiger partial charge in [-0.05, 0) is 17.7 Å². The first-order valence-corrected chi connectivity index (χ1v) is 6.38. The first-order chi connectivity index (χ1) is 8.45. The molecule has 18 heavy (non-hydrogen) atoms. The third-order valence-electron chi connectivity index (χ3n) is 2.45. The summed E-state index contributed by atoms with van der Waals surface area (Å²) in [4.78, 5) is 23.4. The second-order valence-electron chi connectivity index (χ2n) is 4.17. The minimum Gasteiger partial charge on any atom is -0.467 e. The SMILES string of the molecule is COC(=O)[C@@H](NC(=O)C(C)C)c1ccc(Br)cc1. The number of hydrogen-bond acceptors (Lipinski definition) is 3. The van der Waals surface area contributed by atoms with Gasteiger partial charge in [0.05, 0.1) is 7.11 Å². The van der Waals surface area contributed by atoms with Crippen LogP contribution in [0.2, 0.25) is 0 Å². The van der Waals surface area contributed by atoms with Gasteiger partial charge in [-0.15, -0.1) is 0 Å². The Balaban J connectivity index is 2.95. The molecule has 5 heteroatoms. The van der Waals surface area contributed by atoms with Gasteiger partial charge in [-0.3, -0.25) is 4.79 Å². The highest BCUT2D eigenvalue weighted by Gasteiger charge is 2.24. The summed E-state index contributed by atoms with van der Waals surface area (Å²) in [6, 6.07) is 6.40. The number of amides is 1. The van der Waals surface area contributed by atoms with Crippen molar-refractivity contribution in [3.05, 3.63) is 34.3 Å². The molecule has 0 spiro atoms. The van der Waals surface area contributed by atoms with Crippen LogP contribution in [-0.2, 0) is 14.3 Å². The number of nitrogens with one attached hydrogen (secondary N) is 1. The third kappa shape index (κ3) is 3.84. The van der Waals surface area contributed by atoms with Crippen LogP contribution >= 0.6 is 15.9 Å². The molecule has 0 aliphatic rings. The maximum atomic E-state index is 11.7. The number of carbonyl (C=O) groups is 2. The van der Waals surface area contributed by atoms with Crippen LogP contribution in [0.5, 0.6) is 0 Å². The van der Waals surface area contributed by atoms with Gasteiger partial charge in [-0.2, -0.15) is 0 Å². The van der Waals surface area contributed by atoms with Crippen molar-refractivity contribution in [1.29, 1.82) is 0 Å². The fraction of sp³-hybridized carbons (Fsp3) is 0.385. The van der Waals surface area contributed by atoms with E-state index < -0.39 is 12.0 Å². The highest BCUT2D eigenvalue weighted by Crippen LogP contribution is 2.18. The number of carbonyl (C=O) groups excluding carboxylic acids is 2. The van der Waals surface area contributed by atoms with Crippen molar-refractivity contribution in [2.45, 2.75) is 19.9 Å². The van der Waals surface area contributed by atoms with E-state index in [0.29, 0.717) is 5.56 Å². The third-order valence-corrected chi connectivity index (χ3v) is 2.98. The van der Waals surface area contributed by atoms with E-state index in [0.717, 1.165) is 4.47 Å². The van der Waals surface area contributed by atoms with Crippen LogP contribution in [0.15, 0.2) is 28.7 Å². The molecule has 98 valence electrons. The number of benzene rings is 1. The number of ether oxygens (including phenoxy) is 1. The quantitative estimate of drug-likeness (QED) is 0.869. The Morgan fingerprint density at radius 2 is 1.78 bits per heavy atom. The molecule has 0 bridgehead atoms. The van der Waals surface area contributed by atoms with Crippen molar-refractivity contribution >= 4 is 27.8 Å². The van der Waals surface area contributed by atoms with Crippen LogP contribution < -0.4 is 5.32 Å². The molecule has 1 aromatic carbocycles. The molecule has 1 amide bonds. The van der Waals surface area contributed by atoms with Gasteiger partial charge in [-0.25, -0.2) is 4.79 Å². The van der Waals surface area contributed by atoms with Gasteiger partial charge in [0.25, 0.3) is 0 Å². The Hall–Kier alpha value is -1.36. The molecule has 1 aromatic rings. The van der Waals surface area contributed by atoms with Crippen molar-refractivity contribution in [2.75, 3.05) is 7.11 Å². The second-order valence-corrected chi connectivity index (χ2v) is 5.09. The molecule has 0 unspecified atom stereocenters. The van der Waals surface area contributed by atoms with E-state index in [1.165, 1.54) is 7.11 Å². The average molecular weight is 314 g/mol. The molecular weight excluding hydrogens is 298 g/mol. The van der Waals surface area contributed by atoms with Crippen LogP contribution in [-0.4, -0.2) is 19.0 Å². The zero-order chi connectivity index (χ0) is 13.7. The van der Waals surface area contributed by atoms with E-state index in [1.54, 1.807) is 26.0 Å². The molecular formula is C13H16BrNO3. The molecule has 0 aliphatic carbocycles. The van der Waals surface area contributed by atoms with Crippen molar-refractivity contribution in [1.82, 2.24) is 5.32 Å². The summed E-state index contributed by atoms with van der Waals surface area (Å²) < 4.78 is 5.62. The fourth-order valence-corrected chi connectivity index (χ4v) is 1.62. The maximum absolute atomic E-state index is 11.7. The lowest BCUT2D eigenvalue weighted by molar-refractivity contribution is -0.145. The maximum Gasteiger partial charge on any atom is 0.333 e. The lowest BCUT2D eigenvalue weighted by Gasteiger charge is -2.18. The summed E-state index contributed by atoms with van der Waals surface area (Å²) in [5.74, 6) is -0.854. The molecule has 0 aliphatic heterocycles. The van der Waals surface area contributed by atoms with E-state index in [9.17, 15) is 9.59 Å². The van der Waals surface area contributed by atoms with Gasteiger partial charge in [0, 0.05) is 10.4 Å². The number of hydrogen-bond donors (Lipinski definition) is 1. The van der Waals surface area contributed by atoms with Crippen LogP contribution in [0.1, 0.15) is 25.5 Å². The van der Waals surface area contributed by atoms with Crippen LogP contribution in [0.4, 0.5) is 0 Å². The Kier molecular flexibility index (Phi) is 5.34. The minimum atomic E-state index is -0.766. The topological polar surface area (TPSA) is 55.4 Å². The largest absolute Gasteiger partial charge is 0.467 e. The summed E-state index contributed by atoms with van der Waals surface area (Å²) in [5.41, 5.74) is 0.694. The molecule has 0 radical (unpaired) electrons. The van der Waals surface area contributed by atoms with Gasteiger partial charge in [-0.1, -0.05) is 41.9 Å². The molecule has 0 saturated carbocycles. The van der Waals surface area contributed by atoms with Gasteiger partial charge in [0.2, 0.25) is 5.91 Å². The Morgan fingerprint density at radius 3 is 2.22 bits per heavy atom. The minimum absolute atomic E-state index is 0.187. The lowest BCUT2D eigenvalue weighted by atomic mass is 10.1. The standard InChI is InChI=1S/C13H16BrNO3/c1-8(2)12(16)15-11(13(17)18-3)9-4-6-10(14)7-5-9/h4-8,11H,1-3H3,(H,15,16)/t11-/m0/s1. The lowest BCUT2D eigenvalue weighted by Crippen LogP contribution is -2.36. The van der Waals surface area contributed by atoms with Gasteiger partial charge in [0.15, 0.2) is 6.04 Å². The van der Waals surface area contributed by atoms with E-state index >= 15 is 0 Å². The van der Waals surface area contributed by atoms with Crippen LogP contribution in [0, 0.1) is 5.92 Å². The summed E-state index contributed by atoms with van der Waals surface area (Å²) in [6.45, 7) is 3.54. The molecule has 1 N–H and O–H groups in total. The highest BCUT2D eigenvalue weighted by molar-refractivity contribution is 9.10. The average Bonchev–Trinajstić information content (AvgIpc) is 2.35. The van der Waals surface area contributed by atoms with Gasteiger partial charge < -0.3 is 10.1 Å². The van der Waals surface area contributed by atoms with Crippen LogP contribution in [0.3, 0.4) is 0 Å². The Labute approximate surface area is 115 Å². The van der Waals surface area contributed by atoms with E-state index in [1.807, 2.05) is 12.1 Å². The summed E-state index contributed by atoms with van der Waals surface area (Å²) >= 11 is 3.32. The molecule has 0 heterocycles. The van der Waals surface area contributed by atoms with Crippen LogP contribution in [0.25, 0.3) is 0 Å². The highest BCUT2D eigenvalue weighted by atomic mass is 79.9. The van der Waals surface area contributed by atoms with E-state index in [4.69, 9.17) is 4.74 Å². The molecule has 0 fully saturated rings. The number of rotatable bonds is 4. The van der Waals surface area contributed by atoms with Crippen molar-refractivity contribution in [3.63, 3.8) is 0 Å². The fourth-order valence-electron chi connectivity index (χ4n) is 1.36. The normalized spacial score (nSPS) is 12.1. The molecule has 4 nitrogen and oxygen atoms in total. The van der Waals surface area contributed by atoms with Crippen molar-refractivity contribution < 1.29 is 14.3 Å². The molecule has 1 atom stereocenters. The molecule has 1 rings (SSSR count). The predicted molar refractivity (Wildman–Crippen MR) is 71.9 cm³/mol. The summed E-state index contributed by atoms with van der Waals surface area (Å²) in [5, 5.41) is 2.67. The Morgan fingerprint density at radius 1 is 1.22 bits per heavy atom. The first kappa shape index (κ1) is 14.7. The Bertz CT molecular complexity index is 428. The smallest absolute Gasteiger partial charge is 0.333 e. The number of esters is 1. The monoisotopic (exact) mass is 313 g/mol. The van der Waals surface area contributed by atoms with E-state index in [2.05, 4.69) is 21.2 Å². The predicted octanol–water partition coefficient (Wildman–Crippen LogP) is 2.44. The van der Waals surface area contributed by atoms with Gasteiger partial charge in [0.1, 0.15) is 0 Å². The second kappa shape index (κ2) is 6.54. The number of halogens is 1. The molecule has 0 aromatic heterocycles. The zero-order valence-electron chi connectivity index (χ0n) is 10.6. The van der Waals surface area contributed by atoms with Crippen molar-refractivity contribution in [3.8, 4) is 0 Å². The number of methoxy groups -OCH3 is 1.